The summed E-state index contributed by atoms with van der Waals surface area (Å²) in [4.78, 5) is 12.2. The number of rotatable bonds is 5. The number of hydrogen-bond acceptors (Lipinski definition) is 2. The number of nitrogens with one attached hydrogen (secondary N) is 2. The van der Waals surface area contributed by atoms with Gasteiger partial charge in [-0.25, -0.2) is 0 Å². The monoisotopic (exact) mass is 385 g/mol. The van der Waals surface area contributed by atoms with Gasteiger partial charge in [-0.3, -0.25) is 9.89 Å². The quantitative estimate of drug-likeness (QED) is 0.638. The van der Waals surface area contributed by atoms with Gasteiger partial charge in [-0.15, -0.1) is 0 Å². The molecule has 1 fully saturated rings. The Morgan fingerprint density at radius 3 is 2.50 bits per heavy atom. The molecule has 1 amide bonds. The van der Waals surface area contributed by atoms with Gasteiger partial charge < -0.3 is 5.32 Å². The third-order valence-electron chi connectivity index (χ3n) is 4.72. The molecule has 144 valence electrons. The number of carbonyl (C=O) groups excluding carboxylic acids is 1. The van der Waals surface area contributed by atoms with Crippen LogP contribution in [0, 0.1) is 0 Å². The number of carbonyl (C=O) groups is 1. The van der Waals surface area contributed by atoms with Crippen molar-refractivity contribution >= 4 is 11.7 Å². The fourth-order valence-corrected chi connectivity index (χ4v) is 3.07. The van der Waals surface area contributed by atoms with Gasteiger partial charge in [0, 0.05) is 17.7 Å². The van der Waals surface area contributed by atoms with Gasteiger partial charge in [-0.1, -0.05) is 36.4 Å². The maximum Gasteiger partial charge on any atom is 0.416 e. The number of H-pyrrole nitrogens is 1. The first kappa shape index (κ1) is 18.3. The number of halogens is 3. The number of amides is 1. The Bertz CT molecular complexity index is 989. The number of hydrogen-bond donors (Lipinski definition) is 2. The van der Waals surface area contributed by atoms with Crippen molar-refractivity contribution in [3.63, 3.8) is 0 Å². The summed E-state index contributed by atoms with van der Waals surface area (Å²) in [6.07, 6.45) is -1.92. The molecule has 28 heavy (non-hydrogen) atoms. The number of nitrogens with zero attached hydrogens (tertiary/aromatic N) is 1. The van der Waals surface area contributed by atoms with E-state index in [9.17, 15) is 18.0 Å². The minimum Gasteiger partial charge on any atom is -0.309 e. The molecule has 2 N–H and O–H groups in total. The number of alkyl halides is 3. The van der Waals surface area contributed by atoms with Crippen molar-refractivity contribution in [2.24, 2.45) is 0 Å². The summed E-state index contributed by atoms with van der Waals surface area (Å²) < 4.78 is 38.6. The van der Waals surface area contributed by atoms with Gasteiger partial charge >= 0.3 is 6.18 Å². The third kappa shape index (κ3) is 4.24. The second kappa shape index (κ2) is 7.14. The maximum atomic E-state index is 12.9. The third-order valence-corrected chi connectivity index (χ3v) is 4.72. The van der Waals surface area contributed by atoms with E-state index in [1.54, 1.807) is 30.3 Å². The normalized spacial score (nSPS) is 14.1. The van der Waals surface area contributed by atoms with Crippen LogP contribution in [-0.4, -0.2) is 16.1 Å². The smallest absolute Gasteiger partial charge is 0.309 e. The lowest BCUT2D eigenvalue weighted by Gasteiger charge is -2.09. The Morgan fingerprint density at radius 2 is 1.82 bits per heavy atom. The predicted molar refractivity (Wildman–Crippen MR) is 99.8 cm³/mol. The first-order valence-corrected chi connectivity index (χ1v) is 9.00. The van der Waals surface area contributed by atoms with Gasteiger partial charge in [0.25, 0.3) is 0 Å². The van der Waals surface area contributed by atoms with Crippen molar-refractivity contribution in [3.8, 4) is 11.1 Å². The summed E-state index contributed by atoms with van der Waals surface area (Å²) in [6, 6.07) is 14.0. The molecule has 1 heterocycles. The lowest BCUT2D eigenvalue weighted by molar-refractivity contribution is -0.137. The fraction of sp³-hybridized carbons (Fsp3) is 0.238. The molecular formula is C21H18F3N3O. The minimum absolute atomic E-state index is 0.161. The summed E-state index contributed by atoms with van der Waals surface area (Å²) >= 11 is 0. The summed E-state index contributed by atoms with van der Waals surface area (Å²) in [7, 11) is 0. The molecule has 1 aliphatic carbocycles. The molecule has 2 aromatic carbocycles. The maximum absolute atomic E-state index is 12.9. The zero-order chi connectivity index (χ0) is 19.7. The molecule has 0 radical (unpaired) electrons. The fourth-order valence-electron chi connectivity index (χ4n) is 3.07. The molecular weight excluding hydrogens is 367 g/mol. The van der Waals surface area contributed by atoms with Crippen LogP contribution in [-0.2, 0) is 17.4 Å². The van der Waals surface area contributed by atoms with Crippen molar-refractivity contribution in [2.75, 3.05) is 5.32 Å². The van der Waals surface area contributed by atoms with E-state index in [2.05, 4.69) is 15.5 Å². The highest BCUT2D eigenvalue weighted by Gasteiger charge is 2.30. The lowest BCUT2D eigenvalue weighted by Crippen LogP contribution is -2.14. The van der Waals surface area contributed by atoms with Crippen LogP contribution < -0.4 is 5.32 Å². The Kier molecular flexibility index (Phi) is 4.66. The first-order valence-electron chi connectivity index (χ1n) is 9.00. The zero-order valence-corrected chi connectivity index (χ0v) is 14.9. The molecule has 0 spiro atoms. The largest absolute Gasteiger partial charge is 0.416 e. The van der Waals surface area contributed by atoms with Gasteiger partial charge in [0.1, 0.15) is 0 Å². The average Bonchev–Trinajstić information content (AvgIpc) is 3.41. The van der Waals surface area contributed by atoms with Crippen LogP contribution in [0.3, 0.4) is 0 Å². The minimum atomic E-state index is -4.38. The van der Waals surface area contributed by atoms with Crippen LogP contribution in [0.4, 0.5) is 19.0 Å². The highest BCUT2D eigenvalue weighted by Crippen LogP contribution is 2.39. The Balaban J connectivity index is 1.40. The lowest BCUT2D eigenvalue weighted by atomic mass is 10.0. The van der Waals surface area contributed by atoms with Crippen molar-refractivity contribution in [2.45, 2.75) is 31.4 Å². The highest BCUT2D eigenvalue weighted by molar-refractivity contribution is 5.91. The second-order valence-corrected chi connectivity index (χ2v) is 6.98. The molecule has 3 aromatic rings. The molecule has 0 atom stereocenters. The summed E-state index contributed by atoms with van der Waals surface area (Å²) in [5.41, 5.74) is 2.27. The summed E-state index contributed by atoms with van der Waals surface area (Å²) in [6.45, 7) is 0. The van der Waals surface area contributed by atoms with Crippen LogP contribution in [0.1, 0.15) is 35.6 Å². The van der Waals surface area contributed by atoms with Crippen LogP contribution in [0.25, 0.3) is 11.1 Å². The van der Waals surface area contributed by atoms with E-state index in [4.69, 9.17) is 0 Å². The van der Waals surface area contributed by atoms with Gasteiger partial charge in [0.15, 0.2) is 5.82 Å². The van der Waals surface area contributed by atoms with Gasteiger partial charge in [-0.2, -0.15) is 18.3 Å². The van der Waals surface area contributed by atoms with Crippen LogP contribution in [0.15, 0.2) is 54.6 Å². The van der Waals surface area contributed by atoms with Crippen molar-refractivity contribution in [1.29, 1.82) is 0 Å². The molecule has 4 nitrogen and oxygen atoms in total. The van der Waals surface area contributed by atoms with Crippen LogP contribution >= 0.6 is 0 Å². The second-order valence-electron chi connectivity index (χ2n) is 6.98. The first-order chi connectivity index (χ1) is 13.4. The van der Waals surface area contributed by atoms with Crippen LogP contribution in [0.2, 0.25) is 0 Å². The van der Waals surface area contributed by atoms with E-state index < -0.39 is 11.7 Å². The molecule has 1 saturated carbocycles. The van der Waals surface area contributed by atoms with E-state index in [0.29, 0.717) is 22.9 Å². The molecule has 0 bridgehead atoms. The summed E-state index contributed by atoms with van der Waals surface area (Å²) in [5, 5.41) is 9.78. The number of benzene rings is 2. The predicted octanol–water partition coefficient (Wildman–Crippen LogP) is 5.15. The van der Waals surface area contributed by atoms with E-state index in [-0.39, 0.29) is 12.3 Å². The standard InChI is InChI=1S/C21H18F3N3O/c22-21(23,24)17-3-1-2-16(11-17)14-6-4-13(5-7-14)10-20(28)25-19-12-18(26-27-19)15-8-9-15/h1-7,11-12,15H,8-10H2,(H2,25,26,27,28). The summed E-state index contributed by atoms with van der Waals surface area (Å²) in [5.74, 6) is 0.842. The highest BCUT2D eigenvalue weighted by atomic mass is 19.4. The average molecular weight is 385 g/mol. The molecule has 1 aromatic heterocycles. The molecule has 0 saturated heterocycles. The Hall–Kier alpha value is -3.09. The SMILES string of the molecule is O=C(Cc1ccc(-c2cccc(C(F)(F)F)c2)cc1)Nc1cc(C2CC2)[nH]n1. The van der Waals surface area contributed by atoms with Crippen LogP contribution in [0.5, 0.6) is 0 Å². The molecule has 1 aliphatic rings. The van der Waals surface area contributed by atoms with E-state index in [1.165, 1.54) is 6.07 Å². The molecule has 7 heteroatoms. The van der Waals surface area contributed by atoms with Gasteiger partial charge in [0.2, 0.25) is 5.91 Å². The number of aromatic amines is 1. The molecule has 0 aliphatic heterocycles. The van der Waals surface area contributed by atoms with Gasteiger partial charge in [-0.05, 0) is 41.7 Å². The van der Waals surface area contributed by atoms with E-state index in [1.807, 2.05) is 6.07 Å². The van der Waals surface area contributed by atoms with Crippen molar-refractivity contribution in [1.82, 2.24) is 10.2 Å². The Labute approximate surface area is 159 Å². The molecule has 0 unspecified atom stereocenters. The van der Waals surface area contributed by atoms with Gasteiger partial charge in [0.05, 0.1) is 12.0 Å². The van der Waals surface area contributed by atoms with Crippen molar-refractivity contribution in [3.05, 3.63) is 71.4 Å². The molecule has 4 rings (SSSR count). The topological polar surface area (TPSA) is 57.8 Å². The zero-order valence-electron chi connectivity index (χ0n) is 14.9. The van der Waals surface area contributed by atoms with E-state index >= 15 is 0 Å². The van der Waals surface area contributed by atoms with E-state index in [0.717, 1.165) is 36.2 Å². The Morgan fingerprint density at radius 1 is 1.07 bits per heavy atom. The van der Waals surface area contributed by atoms with Crippen molar-refractivity contribution < 1.29 is 18.0 Å². The number of anilines is 1. The number of aromatic nitrogens is 2.